The average molecular weight is 400 g/mol. The molecule has 146 valence electrons. The fourth-order valence-electron chi connectivity index (χ4n) is 2.71. The number of thiazole rings is 1. The largest absolute Gasteiger partial charge is 0.496 e. The van der Waals surface area contributed by atoms with E-state index in [-0.39, 0.29) is 29.9 Å². The van der Waals surface area contributed by atoms with Crippen molar-refractivity contribution in [3.8, 4) is 5.75 Å². The fraction of sp³-hybridized carbons (Fsp3) is 0.263. The zero-order valence-electron chi connectivity index (χ0n) is 15.7. The molecule has 0 unspecified atom stereocenters. The highest BCUT2D eigenvalue weighted by Crippen LogP contribution is 2.30. The van der Waals surface area contributed by atoms with E-state index in [2.05, 4.69) is 10.3 Å². The second-order valence-corrected chi connectivity index (χ2v) is 7.36. The number of nitro benzene ring substituents is 1. The van der Waals surface area contributed by atoms with Crippen molar-refractivity contribution in [1.82, 2.24) is 9.88 Å². The lowest BCUT2D eigenvalue weighted by atomic mass is 10.2. The van der Waals surface area contributed by atoms with Crippen LogP contribution in [-0.4, -0.2) is 41.4 Å². The molecule has 1 N–H and O–H groups in total. The molecule has 3 aromatic rings. The topological polar surface area (TPSA) is 97.6 Å². The molecule has 1 amide bonds. The zero-order chi connectivity index (χ0) is 20.3. The molecule has 0 aliphatic carbocycles. The van der Waals surface area contributed by atoms with Gasteiger partial charge in [0.2, 0.25) is 5.91 Å². The number of amides is 1. The second kappa shape index (κ2) is 8.32. The van der Waals surface area contributed by atoms with Crippen LogP contribution in [0.15, 0.2) is 42.5 Å². The predicted molar refractivity (Wildman–Crippen MR) is 109 cm³/mol. The summed E-state index contributed by atoms with van der Waals surface area (Å²) in [5.41, 5.74) is 0.854. The van der Waals surface area contributed by atoms with Crippen LogP contribution in [-0.2, 0) is 4.79 Å². The molecule has 0 spiro atoms. The molecule has 1 heterocycles. The van der Waals surface area contributed by atoms with Crippen LogP contribution in [0.2, 0.25) is 0 Å². The van der Waals surface area contributed by atoms with Crippen LogP contribution in [0.4, 0.5) is 11.4 Å². The van der Waals surface area contributed by atoms with Crippen molar-refractivity contribution in [1.29, 1.82) is 0 Å². The molecule has 3 rings (SSSR count). The number of carbonyl (C=O) groups excluding carboxylic acids is 1. The molecule has 0 aliphatic heterocycles. The van der Waals surface area contributed by atoms with Crippen LogP contribution in [0.5, 0.6) is 5.75 Å². The van der Waals surface area contributed by atoms with Crippen LogP contribution in [0.1, 0.15) is 18.0 Å². The third-order valence-corrected chi connectivity index (χ3v) is 5.60. The van der Waals surface area contributed by atoms with Crippen molar-refractivity contribution in [2.75, 3.05) is 26.0 Å². The number of methoxy groups -OCH3 is 1. The maximum atomic E-state index is 12.4. The van der Waals surface area contributed by atoms with Crippen molar-refractivity contribution >= 4 is 38.8 Å². The predicted octanol–water partition coefficient (Wildman–Crippen LogP) is 3.84. The minimum Gasteiger partial charge on any atom is -0.496 e. The molecule has 28 heavy (non-hydrogen) atoms. The Morgan fingerprint density at radius 3 is 2.79 bits per heavy atom. The van der Waals surface area contributed by atoms with Crippen molar-refractivity contribution in [3.05, 3.63) is 57.6 Å². The molecule has 0 saturated heterocycles. The molecule has 9 heteroatoms. The molecule has 1 atom stereocenters. The number of likely N-dealkylation sites (N-methyl/N-ethyl adjacent to an activating group) is 1. The second-order valence-electron chi connectivity index (χ2n) is 6.30. The van der Waals surface area contributed by atoms with Gasteiger partial charge in [-0.3, -0.25) is 19.8 Å². The molecule has 0 fully saturated rings. The van der Waals surface area contributed by atoms with Gasteiger partial charge in [-0.2, -0.15) is 0 Å². The molecule has 8 nitrogen and oxygen atoms in total. The van der Waals surface area contributed by atoms with Crippen molar-refractivity contribution in [2.24, 2.45) is 0 Å². The summed E-state index contributed by atoms with van der Waals surface area (Å²) in [7, 11) is 3.24. The minimum atomic E-state index is -0.550. The standard InChI is InChI=1S/C19H20N4O4S/c1-12(19-21-15-6-4-5-7-17(15)28-19)22(2)11-18(24)20-14-9-8-13(27-3)10-16(14)23(25)26/h4-10,12H,11H2,1-3H3,(H,20,24)/t12-/m0/s1. The molecule has 2 aromatic carbocycles. The molecule has 0 bridgehead atoms. The molecule has 0 aliphatic rings. The van der Waals surface area contributed by atoms with Gasteiger partial charge in [-0.05, 0) is 38.2 Å². The molecule has 0 radical (unpaired) electrons. The van der Waals surface area contributed by atoms with E-state index in [0.717, 1.165) is 15.2 Å². The van der Waals surface area contributed by atoms with Gasteiger partial charge in [-0.15, -0.1) is 11.3 Å². The highest BCUT2D eigenvalue weighted by atomic mass is 32.1. The van der Waals surface area contributed by atoms with Crippen molar-refractivity contribution in [2.45, 2.75) is 13.0 Å². The Morgan fingerprint density at radius 1 is 1.36 bits per heavy atom. The van der Waals surface area contributed by atoms with Crippen molar-refractivity contribution in [3.63, 3.8) is 0 Å². The number of carbonyl (C=O) groups is 1. The number of hydrogen-bond donors (Lipinski definition) is 1. The summed E-state index contributed by atoms with van der Waals surface area (Å²) in [5.74, 6) is 0.00926. The summed E-state index contributed by atoms with van der Waals surface area (Å²) in [5, 5.41) is 14.8. The number of para-hydroxylation sites is 1. The Labute approximate surface area is 165 Å². The van der Waals surface area contributed by atoms with E-state index in [9.17, 15) is 14.9 Å². The Balaban J connectivity index is 1.69. The lowest BCUT2D eigenvalue weighted by Gasteiger charge is -2.22. The highest BCUT2D eigenvalue weighted by Gasteiger charge is 2.21. The number of nitrogens with zero attached hydrogens (tertiary/aromatic N) is 3. The highest BCUT2D eigenvalue weighted by molar-refractivity contribution is 7.18. The van der Waals surface area contributed by atoms with Crippen LogP contribution < -0.4 is 10.1 Å². The van der Waals surface area contributed by atoms with Gasteiger partial charge >= 0.3 is 0 Å². The number of aromatic nitrogens is 1. The number of rotatable bonds is 7. The molecule has 1 aromatic heterocycles. The molecule has 0 saturated carbocycles. The van der Waals surface area contributed by atoms with Gasteiger partial charge in [0.1, 0.15) is 16.4 Å². The van der Waals surface area contributed by atoms with E-state index >= 15 is 0 Å². The van der Waals surface area contributed by atoms with E-state index < -0.39 is 4.92 Å². The molecular formula is C19H20N4O4S. The van der Waals surface area contributed by atoms with E-state index in [0.29, 0.717) is 5.75 Å². The zero-order valence-corrected chi connectivity index (χ0v) is 16.5. The van der Waals surface area contributed by atoms with Crippen LogP contribution >= 0.6 is 11.3 Å². The van der Waals surface area contributed by atoms with Gasteiger partial charge in [0.05, 0.1) is 40.9 Å². The minimum absolute atomic E-state index is 0.0697. The first kappa shape index (κ1) is 19.7. The number of benzene rings is 2. The first-order valence-electron chi connectivity index (χ1n) is 8.57. The Hall–Kier alpha value is -3.04. The van der Waals surface area contributed by atoms with E-state index in [1.54, 1.807) is 17.4 Å². The van der Waals surface area contributed by atoms with Crippen molar-refractivity contribution < 1.29 is 14.5 Å². The fourth-order valence-corrected chi connectivity index (χ4v) is 3.79. The van der Waals surface area contributed by atoms with Crippen LogP contribution in [0, 0.1) is 10.1 Å². The number of hydrogen-bond acceptors (Lipinski definition) is 7. The SMILES string of the molecule is COc1ccc(NC(=O)CN(C)[C@@H](C)c2nc3ccccc3s2)c([N+](=O)[O-])c1. The summed E-state index contributed by atoms with van der Waals surface area (Å²) in [6.45, 7) is 2.04. The van der Waals surface area contributed by atoms with E-state index in [4.69, 9.17) is 4.74 Å². The van der Waals surface area contributed by atoms with E-state index in [1.165, 1.54) is 19.2 Å². The number of nitrogens with one attached hydrogen (secondary N) is 1. The number of fused-ring (bicyclic) bond motifs is 1. The maximum Gasteiger partial charge on any atom is 0.296 e. The lowest BCUT2D eigenvalue weighted by Crippen LogP contribution is -2.32. The third kappa shape index (κ3) is 4.26. The lowest BCUT2D eigenvalue weighted by molar-refractivity contribution is -0.384. The summed E-state index contributed by atoms with van der Waals surface area (Å²) >= 11 is 1.59. The van der Waals surface area contributed by atoms with Crippen LogP contribution in [0.3, 0.4) is 0 Å². The van der Waals surface area contributed by atoms with Crippen LogP contribution in [0.25, 0.3) is 10.2 Å². The maximum absolute atomic E-state index is 12.4. The van der Waals surface area contributed by atoms with Gasteiger partial charge in [0.15, 0.2) is 0 Å². The first-order chi connectivity index (χ1) is 13.4. The van der Waals surface area contributed by atoms with Gasteiger partial charge in [0, 0.05) is 0 Å². The smallest absolute Gasteiger partial charge is 0.296 e. The molecular weight excluding hydrogens is 380 g/mol. The normalized spacial score (nSPS) is 12.1. The quantitative estimate of drug-likeness (QED) is 0.478. The van der Waals surface area contributed by atoms with Gasteiger partial charge in [0.25, 0.3) is 5.69 Å². The van der Waals surface area contributed by atoms with Gasteiger partial charge < -0.3 is 10.1 Å². The number of nitro groups is 1. The summed E-state index contributed by atoms with van der Waals surface area (Å²) < 4.78 is 6.10. The summed E-state index contributed by atoms with van der Waals surface area (Å²) in [6.07, 6.45) is 0. The van der Waals surface area contributed by atoms with E-state index in [1.807, 2.05) is 43.1 Å². The van der Waals surface area contributed by atoms with Gasteiger partial charge in [-0.1, -0.05) is 12.1 Å². The Kier molecular flexibility index (Phi) is 5.86. The first-order valence-corrected chi connectivity index (χ1v) is 9.38. The Morgan fingerprint density at radius 2 is 2.11 bits per heavy atom. The average Bonchev–Trinajstić information content (AvgIpc) is 3.11. The van der Waals surface area contributed by atoms with Gasteiger partial charge in [-0.25, -0.2) is 4.98 Å². The number of anilines is 1. The number of ether oxygens (including phenoxy) is 1. The monoisotopic (exact) mass is 400 g/mol. The summed E-state index contributed by atoms with van der Waals surface area (Å²) in [6, 6.07) is 12.1. The Bertz CT molecular complexity index is 987. The third-order valence-electron chi connectivity index (χ3n) is 4.40. The summed E-state index contributed by atoms with van der Waals surface area (Å²) in [4.78, 5) is 29.6.